The van der Waals surface area contributed by atoms with E-state index in [0.717, 1.165) is 5.56 Å². The highest BCUT2D eigenvalue weighted by molar-refractivity contribution is 7.89. The van der Waals surface area contributed by atoms with Gasteiger partial charge < -0.3 is 0 Å². The summed E-state index contributed by atoms with van der Waals surface area (Å²) in [6.07, 6.45) is 11.6. The van der Waals surface area contributed by atoms with E-state index in [0.29, 0.717) is 5.57 Å². The highest BCUT2D eigenvalue weighted by atomic mass is 32.2. The van der Waals surface area contributed by atoms with Gasteiger partial charge in [-0.15, -0.1) is 0 Å². The van der Waals surface area contributed by atoms with Gasteiger partial charge in [-0.2, -0.15) is 4.31 Å². The number of sulfonamides is 1. The largest absolute Gasteiger partial charge is 0.289 e. The van der Waals surface area contributed by atoms with E-state index in [1.807, 2.05) is 13.8 Å². The van der Waals surface area contributed by atoms with Gasteiger partial charge in [-0.1, -0.05) is 59.9 Å². The molecule has 1 aromatic carbocycles. The van der Waals surface area contributed by atoms with Crippen molar-refractivity contribution in [2.75, 3.05) is 13.1 Å². The number of ketones is 1. The lowest BCUT2D eigenvalue weighted by Gasteiger charge is -2.18. The molecule has 1 aromatic rings. The molecule has 0 atom stereocenters. The van der Waals surface area contributed by atoms with Crippen LogP contribution >= 0.6 is 0 Å². The summed E-state index contributed by atoms with van der Waals surface area (Å²) < 4.78 is 27.0. The van der Waals surface area contributed by atoms with E-state index >= 15 is 0 Å². The number of nitrogens with zero attached hydrogens (tertiary/aromatic N) is 1. The molecule has 1 aliphatic carbocycles. The molecule has 4 nitrogen and oxygen atoms in total. The van der Waals surface area contributed by atoms with Crippen molar-refractivity contribution in [2.45, 2.75) is 18.7 Å². The number of carbonyl (C=O) groups is 1. The lowest BCUT2D eigenvalue weighted by molar-refractivity contribution is -0.111. The second-order valence-electron chi connectivity index (χ2n) is 5.68. The van der Waals surface area contributed by atoms with E-state index in [9.17, 15) is 13.2 Å². The van der Waals surface area contributed by atoms with E-state index in [-0.39, 0.29) is 23.8 Å². The van der Waals surface area contributed by atoms with Gasteiger partial charge in [0.15, 0.2) is 5.78 Å². The van der Waals surface area contributed by atoms with Crippen LogP contribution in [0.5, 0.6) is 0 Å². The first kappa shape index (κ1) is 19.6. The fourth-order valence-corrected chi connectivity index (χ4v) is 3.49. The maximum absolute atomic E-state index is 12.8. The van der Waals surface area contributed by atoms with E-state index in [2.05, 4.69) is 11.8 Å². The molecule has 2 rings (SSSR count). The minimum atomic E-state index is -3.64. The van der Waals surface area contributed by atoms with Crippen LogP contribution in [-0.4, -0.2) is 31.6 Å². The molecule has 0 aromatic heterocycles. The average Bonchev–Trinajstić information content (AvgIpc) is 2.62. The Balaban J connectivity index is 2.20. The highest BCUT2D eigenvalue weighted by Gasteiger charge is 2.22. The van der Waals surface area contributed by atoms with Crippen molar-refractivity contribution in [2.24, 2.45) is 0 Å². The summed E-state index contributed by atoms with van der Waals surface area (Å²) in [6, 6.07) is 6.73. The Morgan fingerprint density at radius 1 is 1.12 bits per heavy atom. The topological polar surface area (TPSA) is 54.5 Å². The van der Waals surface area contributed by atoms with Crippen LogP contribution in [0.1, 0.15) is 12.5 Å². The third-order valence-electron chi connectivity index (χ3n) is 3.71. The predicted molar refractivity (Wildman–Crippen MR) is 104 cm³/mol. The van der Waals surface area contributed by atoms with Crippen molar-refractivity contribution in [3.05, 3.63) is 77.9 Å². The zero-order valence-corrected chi connectivity index (χ0v) is 15.7. The third kappa shape index (κ3) is 5.16. The predicted octanol–water partition coefficient (Wildman–Crippen LogP) is 3.19. The zero-order chi connectivity index (χ0) is 19.0. The van der Waals surface area contributed by atoms with E-state index < -0.39 is 10.0 Å². The number of rotatable bonds is 5. The molecule has 0 unspecified atom stereocenters. The minimum Gasteiger partial charge on any atom is -0.289 e. The van der Waals surface area contributed by atoms with Crippen molar-refractivity contribution in [1.29, 1.82) is 0 Å². The molecule has 0 saturated carbocycles. The number of allylic oxidation sites excluding steroid dienone is 7. The maximum atomic E-state index is 12.8. The molecule has 5 heteroatoms. The van der Waals surface area contributed by atoms with Gasteiger partial charge in [-0.25, -0.2) is 8.42 Å². The SMILES string of the molecule is C/C=C/CN(CC#C/C=C1/C=CC=CC1=O)S(=O)(=O)c1ccc(C)cc1. The van der Waals surface area contributed by atoms with Crippen LogP contribution in [0.4, 0.5) is 0 Å². The molecular formula is C21H21NO3S. The first-order chi connectivity index (χ1) is 12.4. The number of aryl methyl sites for hydroxylation is 1. The molecule has 0 amide bonds. The summed E-state index contributed by atoms with van der Waals surface area (Å²) in [5, 5.41) is 0. The molecular weight excluding hydrogens is 346 g/mol. The van der Waals surface area contributed by atoms with Gasteiger partial charge in [0.1, 0.15) is 0 Å². The first-order valence-electron chi connectivity index (χ1n) is 8.21. The molecule has 0 saturated heterocycles. The average molecular weight is 367 g/mol. The molecule has 0 aliphatic heterocycles. The van der Waals surface area contributed by atoms with E-state index in [1.54, 1.807) is 54.6 Å². The molecule has 26 heavy (non-hydrogen) atoms. The standard InChI is InChI=1S/C21H21NO3S/c1-3-4-16-22(26(24,25)20-14-12-18(2)13-15-20)17-8-7-10-19-9-5-6-11-21(19)23/h3-6,9-15H,16-17H2,1-2H3/b4-3+,19-10-. The summed E-state index contributed by atoms with van der Waals surface area (Å²) in [5.41, 5.74) is 1.48. The zero-order valence-electron chi connectivity index (χ0n) is 14.8. The second-order valence-corrected chi connectivity index (χ2v) is 7.62. The minimum absolute atomic E-state index is 0.0398. The normalized spacial score (nSPS) is 15.7. The van der Waals surface area contributed by atoms with Gasteiger partial charge >= 0.3 is 0 Å². The van der Waals surface area contributed by atoms with E-state index in [4.69, 9.17) is 0 Å². The fraction of sp³-hybridized carbons (Fsp3) is 0.190. The summed E-state index contributed by atoms with van der Waals surface area (Å²) >= 11 is 0. The highest BCUT2D eigenvalue weighted by Crippen LogP contribution is 2.16. The summed E-state index contributed by atoms with van der Waals surface area (Å²) in [6.45, 7) is 4.02. The van der Waals surface area contributed by atoms with Crippen molar-refractivity contribution < 1.29 is 13.2 Å². The van der Waals surface area contributed by atoms with Crippen LogP contribution < -0.4 is 0 Å². The Hall–Kier alpha value is -2.68. The number of benzene rings is 1. The Kier molecular flexibility index (Phi) is 6.90. The van der Waals surface area contributed by atoms with Gasteiger partial charge in [-0.3, -0.25) is 4.79 Å². The van der Waals surface area contributed by atoms with Crippen LogP contribution in [0.2, 0.25) is 0 Å². The molecule has 0 heterocycles. The van der Waals surface area contributed by atoms with Gasteiger partial charge in [0.2, 0.25) is 10.0 Å². The van der Waals surface area contributed by atoms with Crippen LogP contribution in [0.15, 0.2) is 77.3 Å². The van der Waals surface area contributed by atoms with Gasteiger partial charge in [-0.05, 0) is 38.1 Å². The lowest BCUT2D eigenvalue weighted by atomic mass is 10.1. The number of carbonyl (C=O) groups excluding carboxylic acids is 1. The van der Waals surface area contributed by atoms with Gasteiger partial charge in [0, 0.05) is 12.1 Å². The van der Waals surface area contributed by atoms with Gasteiger partial charge in [0.05, 0.1) is 11.4 Å². The summed E-state index contributed by atoms with van der Waals surface area (Å²) in [7, 11) is -3.64. The monoisotopic (exact) mass is 367 g/mol. The van der Waals surface area contributed by atoms with E-state index in [1.165, 1.54) is 16.5 Å². The second kappa shape index (κ2) is 9.14. The molecule has 0 fully saturated rings. The molecule has 0 N–H and O–H groups in total. The summed E-state index contributed by atoms with van der Waals surface area (Å²) in [4.78, 5) is 11.9. The van der Waals surface area contributed by atoms with Gasteiger partial charge in [0.25, 0.3) is 0 Å². The molecule has 0 radical (unpaired) electrons. The Bertz CT molecular complexity index is 937. The van der Waals surface area contributed by atoms with Crippen molar-refractivity contribution in [3.63, 3.8) is 0 Å². The van der Waals surface area contributed by atoms with Crippen molar-refractivity contribution in [1.82, 2.24) is 4.31 Å². The fourth-order valence-electron chi connectivity index (χ4n) is 2.19. The number of hydrogen-bond donors (Lipinski definition) is 0. The molecule has 134 valence electrons. The van der Waals surface area contributed by atoms with Crippen LogP contribution in [0.3, 0.4) is 0 Å². The van der Waals surface area contributed by atoms with Crippen LogP contribution in [0.25, 0.3) is 0 Å². The Morgan fingerprint density at radius 3 is 2.46 bits per heavy atom. The Labute approximate surface area is 155 Å². The molecule has 0 spiro atoms. The lowest BCUT2D eigenvalue weighted by Crippen LogP contribution is -2.31. The maximum Gasteiger partial charge on any atom is 0.244 e. The third-order valence-corrected chi connectivity index (χ3v) is 5.53. The smallest absolute Gasteiger partial charge is 0.244 e. The molecule has 1 aliphatic rings. The summed E-state index contributed by atoms with van der Waals surface area (Å²) in [5.74, 6) is 5.49. The van der Waals surface area contributed by atoms with Crippen molar-refractivity contribution in [3.8, 4) is 11.8 Å². The molecule has 0 bridgehead atoms. The number of hydrogen-bond acceptors (Lipinski definition) is 3. The first-order valence-corrected chi connectivity index (χ1v) is 9.65. The van der Waals surface area contributed by atoms with Crippen LogP contribution in [-0.2, 0) is 14.8 Å². The Morgan fingerprint density at radius 2 is 1.81 bits per heavy atom. The van der Waals surface area contributed by atoms with Crippen molar-refractivity contribution >= 4 is 15.8 Å². The quantitative estimate of drug-likeness (QED) is 0.456. The van der Waals surface area contributed by atoms with Crippen LogP contribution in [0, 0.1) is 18.8 Å².